The largest absolute Gasteiger partial charge is 0.408 e. The fourth-order valence-electron chi connectivity index (χ4n) is 2.73. The van der Waals surface area contributed by atoms with Gasteiger partial charge in [0.2, 0.25) is 0 Å². The Labute approximate surface area is 130 Å². The number of aromatic nitrogens is 3. The number of hydrogen-bond donors (Lipinski definition) is 1. The summed E-state index contributed by atoms with van der Waals surface area (Å²) < 4.78 is 38.5. The highest BCUT2D eigenvalue weighted by molar-refractivity contribution is 5.42. The van der Waals surface area contributed by atoms with E-state index in [4.69, 9.17) is 5.26 Å². The molecule has 3 rings (SSSR count). The number of rotatable bonds is 3. The van der Waals surface area contributed by atoms with Gasteiger partial charge in [0.1, 0.15) is 18.4 Å². The van der Waals surface area contributed by atoms with Crippen LogP contribution in [0.2, 0.25) is 0 Å². The second kappa shape index (κ2) is 5.91. The van der Waals surface area contributed by atoms with E-state index in [-0.39, 0.29) is 6.04 Å². The first-order chi connectivity index (χ1) is 10.9. The summed E-state index contributed by atoms with van der Waals surface area (Å²) in [6.07, 6.45) is 1.02. The van der Waals surface area contributed by atoms with Crippen LogP contribution in [0.4, 0.5) is 19.0 Å². The molecule has 0 spiro atoms. The molecule has 2 aromatic heterocycles. The van der Waals surface area contributed by atoms with E-state index >= 15 is 0 Å². The van der Waals surface area contributed by atoms with Gasteiger partial charge in [0, 0.05) is 12.4 Å². The predicted octanol–water partition coefficient (Wildman–Crippen LogP) is 3.20. The molecular weight excluding hydrogens is 307 g/mol. The normalized spacial score (nSPS) is 17.4. The molecule has 23 heavy (non-hydrogen) atoms. The summed E-state index contributed by atoms with van der Waals surface area (Å²) in [5.74, 6) is 0.576. The molecule has 0 saturated heterocycles. The van der Waals surface area contributed by atoms with Crippen molar-refractivity contribution < 1.29 is 13.2 Å². The third kappa shape index (κ3) is 3.62. The summed E-state index contributed by atoms with van der Waals surface area (Å²) >= 11 is 0. The molecule has 1 atom stereocenters. The minimum absolute atomic E-state index is 0.173. The molecule has 1 N–H and O–H groups in total. The lowest BCUT2D eigenvalue weighted by atomic mass is 9.94. The van der Waals surface area contributed by atoms with Crippen LogP contribution >= 0.6 is 0 Å². The van der Waals surface area contributed by atoms with Crippen molar-refractivity contribution in [2.24, 2.45) is 0 Å². The zero-order chi connectivity index (χ0) is 16.4. The number of nitrogens with one attached hydrogen (secondary N) is 1. The maximum Gasteiger partial charge on any atom is 0.408 e. The Morgan fingerprint density at radius 2 is 2.22 bits per heavy atom. The fourth-order valence-corrected chi connectivity index (χ4v) is 2.73. The Morgan fingerprint density at radius 1 is 1.39 bits per heavy atom. The Bertz CT molecular complexity index is 727. The number of nitriles is 1. The van der Waals surface area contributed by atoms with Crippen molar-refractivity contribution in [1.82, 2.24) is 14.8 Å². The van der Waals surface area contributed by atoms with Crippen LogP contribution in [0.25, 0.3) is 0 Å². The van der Waals surface area contributed by atoms with Gasteiger partial charge in [0.25, 0.3) is 0 Å². The van der Waals surface area contributed by atoms with Crippen molar-refractivity contribution in [3.63, 3.8) is 0 Å². The van der Waals surface area contributed by atoms with Crippen LogP contribution in [0, 0.1) is 11.3 Å². The molecule has 1 aliphatic carbocycles. The SMILES string of the molecule is N#Cc1ccc(NC2CCCc3cn(CC(F)(F)F)nc32)nc1. The quantitative estimate of drug-likeness (QED) is 0.943. The van der Waals surface area contributed by atoms with Gasteiger partial charge in [-0.1, -0.05) is 0 Å². The van der Waals surface area contributed by atoms with Crippen LogP contribution in [0.3, 0.4) is 0 Å². The monoisotopic (exact) mass is 321 g/mol. The molecule has 2 heterocycles. The summed E-state index contributed by atoms with van der Waals surface area (Å²) in [6.45, 7) is -1.08. The highest BCUT2D eigenvalue weighted by Gasteiger charge is 2.31. The molecule has 0 bridgehead atoms. The van der Waals surface area contributed by atoms with Gasteiger partial charge in [0.05, 0.1) is 17.3 Å². The van der Waals surface area contributed by atoms with Gasteiger partial charge in [-0.3, -0.25) is 4.68 Å². The predicted molar refractivity (Wildman–Crippen MR) is 76.5 cm³/mol. The van der Waals surface area contributed by atoms with Gasteiger partial charge in [-0.2, -0.15) is 23.5 Å². The van der Waals surface area contributed by atoms with E-state index in [0.717, 1.165) is 29.5 Å². The molecule has 0 radical (unpaired) electrons. The van der Waals surface area contributed by atoms with Gasteiger partial charge in [-0.05, 0) is 37.0 Å². The summed E-state index contributed by atoms with van der Waals surface area (Å²) in [4.78, 5) is 4.13. The van der Waals surface area contributed by atoms with E-state index in [2.05, 4.69) is 15.4 Å². The van der Waals surface area contributed by atoms with Gasteiger partial charge in [0.15, 0.2) is 0 Å². The minimum atomic E-state index is -4.29. The molecule has 5 nitrogen and oxygen atoms in total. The number of alkyl halides is 3. The van der Waals surface area contributed by atoms with Crippen LogP contribution in [0.15, 0.2) is 24.5 Å². The van der Waals surface area contributed by atoms with Crippen LogP contribution in [-0.2, 0) is 13.0 Å². The average molecular weight is 321 g/mol. The first-order valence-electron chi connectivity index (χ1n) is 7.20. The van der Waals surface area contributed by atoms with Crippen molar-refractivity contribution in [2.45, 2.75) is 38.0 Å². The summed E-state index contributed by atoms with van der Waals surface area (Å²) in [6, 6.07) is 5.13. The van der Waals surface area contributed by atoms with Crippen LogP contribution in [0.1, 0.15) is 35.7 Å². The summed E-state index contributed by atoms with van der Waals surface area (Å²) in [7, 11) is 0. The molecule has 0 aliphatic heterocycles. The molecule has 1 aliphatic rings. The maximum absolute atomic E-state index is 12.5. The van der Waals surface area contributed by atoms with E-state index in [0.29, 0.717) is 17.1 Å². The maximum atomic E-state index is 12.5. The van der Waals surface area contributed by atoms with Crippen molar-refractivity contribution in [1.29, 1.82) is 5.26 Å². The third-order valence-corrected chi connectivity index (χ3v) is 3.69. The van der Waals surface area contributed by atoms with E-state index < -0.39 is 12.7 Å². The minimum Gasteiger partial charge on any atom is -0.362 e. The van der Waals surface area contributed by atoms with E-state index in [1.54, 1.807) is 12.1 Å². The molecule has 0 amide bonds. The van der Waals surface area contributed by atoms with Gasteiger partial charge in [-0.15, -0.1) is 0 Å². The number of pyridine rings is 1. The number of hydrogen-bond acceptors (Lipinski definition) is 4. The Hall–Kier alpha value is -2.56. The van der Waals surface area contributed by atoms with E-state index in [9.17, 15) is 13.2 Å². The fraction of sp³-hybridized carbons (Fsp3) is 0.400. The van der Waals surface area contributed by atoms with Crippen LogP contribution in [0.5, 0.6) is 0 Å². The Morgan fingerprint density at radius 3 is 2.87 bits per heavy atom. The molecule has 8 heteroatoms. The topological polar surface area (TPSA) is 66.5 Å². The van der Waals surface area contributed by atoms with Gasteiger partial charge >= 0.3 is 6.18 Å². The van der Waals surface area contributed by atoms with Crippen molar-refractivity contribution in [3.8, 4) is 6.07 Å². The number of nitrogens with zero attached hydrogens (tertiary/aromatic N) is 4. The molecule has 0 saturated carbocycles. The Balaban J connectivity index is 1.79. The van der Waals surface area contributed by atoms with Crippen LogP contribution in [-0.4, -0.2) is 20.9 Å². The number of halogens is 3. The zero-order valence-corrected chi connectivity index (χ0v) is 12.1. The van der Waals surface area contributed by atoms with Gasteiger partial charge in [-0.25, -0.2) is 4.98 Å². The van der Waals surface area contributed by atoms with Crippen molar-refractivity contribution in [2.75, 3.05) is 5.32 Å². The average Bonchev–Trinajstić information content (AvgIpc) is 2.89. The smallest absolute Gasteiger partial charge is 0.362 e. The standard InChI is InChI=1S/C15H14F3N5/c16-15(17,18)9-23-8-11-2-1-3-12(14(11)22-23)21-13-5-4-10(6-19)7-20-13/h4-5,7-8,12H,1-3,9H2,(H,20,21). The van der Waals surface area contributed by atoms with Crippen molar-refractivity contribution in [3.05, 3.63) is 41.3 Å². The first-order valence-corrected chi connectivity index (χ1v) is 7.20. The first kappa shape index (κ1) is 15.3. The molecule has 0 fully saturated rings. The van der Waals surface area contributed by atoms with Crippen LogP contribution < -0.4 is 5.32 Å². The lowest BCUT2D eigenvalue weighted by Gasteiger charge is -2.22. The summed E-state index contributed by atoms with van der Waals surface area (Å²) in [5.41, 5.74) is 1.94. The number of anilines is 1. The van der Waals surface area contributed by atoms with E-state index in [1.807, 2.05) is 6.07 Å². The second-order valence-corrected chi connectivity index (χ2v) is 5.49. The molecule has 2 aromatic rings. The number of fused-ring (bicyclic) bond motifs is 1. The van der Waals surface area contributed by atoms with E-state index in [1.165, 1.54) is 12.4 Å². The lowest BCUT2D eigenvalue weighted by Crippen LogP contribution is -2.20. The Kier molecular flexibility index (Phi) is 3.94. The molecule has 120 valence electrons. The number of aryl methyl sites for hydroxylation is 1. The third-order valence-electron chi connectivity index (χ3n) is 3.69. The summed E-state index contributed by atoms with van der Waals surface area (Å²) in [5, 5.41) is 16.0. The molecular formula is C15H14F3N5. The lowest BCUT2D eigenvalue weighted by molar-refractivity contribution is -0.142. The molecule has 1 unspecified atom stereocenters. The molecule has 0 aromatic carbocycles. The zero-order valence-electron chi connectivity index (χ0n) is 12.1. The highest BCUT2D eigenvalue weighted by Crippen LogP contribution is 2.31. The van der Waals surface area contributed by atoms with Gasteiger partial charge < -0.3 is 5.32 Å². The second-order valence-electron chi connectivity index (χ2n) is 5.49. The van der Waals surface area contributed by atoms with Crippen molar-refractivity contribution >= 4 is 5.82 Å². The highest BCUT2D eigenvalue weighted by atomic mass is 19.4.